The normalized spacial score (nSPS) is 10.0. The first-order valence-electron chi connectivity index (χ1n) is 5.16. The maximum absolute atomic E-state index is 5.46. The highest BCUT2D eigenvalue weighted by atomic mass is 32.1. The topological polar surface area (TPSA) is 29.3 Å². The van der Waals surface area contributed by atoms with Crippen LogP contribution in [0.4, 0.5) is 5.69 Å². The smallest absolute Gasteiger partial charge is 0.0728 e. The van der Waals surface area contributed by atoms with Gasteiger partial charge in [-0.05, 0) is 31.4 Å². The summed E-state index contributed by atoms with van der Waals surface area (Å²) in [6.07, 6.45) is 1.84. The van der Waals surface area contributed by atoms with E-state index >= 15 is 0 Å². The van der Waals surface area contributed by atoms with Crippen LogP contribution in [0, 0.1) is 6.92 Å². The van der Waals surface area contributed by atoms with E-state index in [2.05, 4.69) is 43.1 Å². The average molecular weight is 222 g/mol. The van der Waals surface area contributed by atoms with Crippen LogP contribution in [0.5, 0.6) is 0 Å². The lowest BCUT2D eigenvalue weighted by Gasteiger charge is -2.21. The second kappa shape index (κ2) is 5.71. The number of rotatable bonds is 5. The van der Waals surface area contributed by atoms with Crippen LogP contribution in [0.1, 0.15) is 18.4 Å². The number of nitrogens with zero attached hydrogens (tertiary/aromatic N) is 1. The molecule has 0 saturated carbocycles. The minimum atomic E-state index is 0.605. The van der Waals surface area contributed by atoms with Gasteiger partial charge in [0.05, 0.1) is 4.99 Å². The summed E-state index contributed by atoms with van der Waals surface area (Å²) < 4.78 is 0. The summed E-state index contributed by atoms with van der Waals surface area (Å²) >= 11 is 4.85. The molecule has 0 fully saturated rings. The van der Waals surface area contributed by atoms with E-state index < -0.39 is 0 Å². The predicted molar refractivity (Wildman–Crippen MR) is 70.5 cm³/mol. The van der Waals surface area contributed by atoms with Gasteiger partial charge in [0, 0.05) is 19.3 Å². The van der Waals surface area contributed by atoms with Crippen molar-refractivity contribution in [3.8, 4) is 0 Å². The van der Waals surface area contributed by atoms with Crippen molar-refractivity contribution in [2.75, 3.05) is 18.5 Å². The molecule has 0 radical (unpaired) electrons. The quantitative estimate of drug-likeness (QED) is 0.776. The highest BCUT2D eigenvalue weighted by Gasteiger charge is 2.02. The molecular formula is C12H18N2S. The number of benzene rings is 1. The molecule has 82 valence electrons. The van der Waals surface area contributed by atoms with Gasteiger partial charge in [0.25, 0.3) is 0 Å². The van der Waals surface area contributed by atoms with Crippen molar-refractivity contribution in [1.82, 2.24) is 0 Å². The molecule has 15 heavy (non-hydrogen) atoms. The van der Waals surface area contributed by atoms with Gasteiger partial charge < -0.3 is 10.6 Å². The van der Waals surface area contributed by atoms with Crippen molar-refractivity contribution in [2.24, 2.45) is 5.73 Å². The SMILES string of the molecule is Cc1ccccc1N(C)CCCC(N)=S. The summed E-state index contributed by atoms with van der Waals surface area (Å²) in [5.41, 5.74) is 8.04. The van der Waals surface area contributed by atoms with Crippen molar-refractivity contribution < 1.29 is 0 Å². The van der Waals surface area contributed by atoms with Gasteiger partial charge in [-0.25, -0.2) is 0 Å². The minimum Gasteiger partial charge on any atom is -0.393 e. The fourth-order valence-electron chi connectivity index (χ4n) is 1.60. The van der Waals surface area contributed by atoms with Gasteiger partial charge in [0.2, 0.25) is 0 Å². The summed E-state index contributed by atoms with van der Waals surface area (Å²) in [5, 5.41) is 0. The number of nitrogens with two attached hydrogens (primary N) is 1. The van der Waals surface area contributed by atoms with Gasteiger partial charge in [-0.3, -0.25) is 0 Å². The first kappa shape index (κ1) is 12.0. The number of aryl methyl sites for hydroxylation is 1. The Morgan fingerprint density at radius 3 is 2.67 bits per heavy atom. The Balaban J connectivity index is 2.50. The Morgan fingerprint density at radius 1 is 1.40 bits per heavy atom. The number of anilines is 1. The molecule has 1 rings (SSSR count). The van der Waals surface area contributed by atoms with E-state index in [1.807, 2.05) is 0 Å². The molecule has 0 heterocycles. The monoisotopic (exact) mass is 222 g/mol. The second-order valence-corrected chi connectivity index (χ2v) is 4.30. The first-order chi connectivity index (χ1) is 7.11. The van der Waals surface area contributed by atoms with Crippen LogP contribution in [-0.2, 0) is 0 Å². The molecule has 0 atom stereocenters. The van der Waals surface area contributed by atoms with Crippen LogP contribution in [0.25, 0.3) is 0 Å². The molecule has 1 aromatic rings. The summed E-state index contributed by atoms with van der Waals surface area (Å²) in [4.78, 5) is 2.85. The summed E-state index contributed by atoms with van der Waals surface area (Å²) in [7, 11) is 2.10. The van der Waals surface area contributed by atoms with Crippen LogP contribution in [0.15, 0.2) is 24.3 Å². The van der Waals surface area contributed by atoms with Gasteiger partial charge in [0.15, 0.2) is 0 Å². The van der Waals surface area contributed by atoms with E-state index in [1.54, 1.807) is 0 Å². The summed E-state index contributed by atoms with van der Waals surface area (Å²) in [6.45, 7) is 3.11. The average Bonchev–Trinajstić information content (AvgIpc) is 2.17. The van der Waals surface area contributed by atoms with E-state index in [0.29, 0.717) is 4.99 Å². The molecule has 0 bridgehead atoms. The second-order valence-electron chi connectivity index (χ2n) is 3.78. The molecule has 0 aliphatic rings. The van der Waals surface area contributed by atoms with Crippen LogP contribution in [0.2, 0.25) is 0 Å². The lowest BCUT2D eigenvalue weighted by molar-refractivity contribution is 0.816. The van der Waals surface area contributed by atoms with Gasteiger partial charge in [-0.1, -0.05) is 30.4 Å². The van der Waals surface area contributed by atoms with Crippen molar-refractivity contribution in [1.29, 1.82) is 0 Å². The molecule has 0 saturated heterocycles. The molecule has 0 aliphatic carbocycles. The van der Waals surface area contributed by atoms with Crippen molar-refractivity contribution >= 4 is 22.9 Å². The highest BCUT2D eigenvalue weighted by Crippen LogP contribution is 2.17. The molecule has 0 unspecified atom stereocenters. The number of hydrogen-bond donors (Lipinski definition) is 1. The van der Waals surface area contributed by atoms with Crippen LogP contribution in [-0.4, -0.2) is 18.6 Å². The maximum Gasteiger partial charge on any atom is 0.0728 e. The fourth-order valence-corrected chi connectivity index (χ4v) is 1.75. The molecule has 3 heteroatoms. The predicted octanol–water partition coefficient (Wildman–Crippen LogP) is 2.50. The Bertz CT molecular complexity index is 336. The van der Waals surface area contributed by atoms with E-state index in [4.69, 9.17) is 18.0 Å². The van der Waals surface area contributed by atoms with Crippen molar-refractivity contribution in [3.63, 3.8) is 0 Å². The molecule has 0 amide bonds. The third-order valence-corrected chi connectivity index (χ3v) is 2.65. The van der Waals surface area contributed by atoms with Crippen LogP contribution >= 0.6 is 12.2 Å². The number of hydrogen-bond acceptors (Lipinski definition) is 2. The van der Waals surface area contributed by atoms with Gasteiger partial charge in [0.1, 0.15) is 0 Å². The molecule has 2 nitrogen and oxygen atoms in total. The van der Waals surface area contributed by atoms with Gasteiger partial charge in [-0.15, -0.1) is 0 Å². The van der Waals surface area contributed by atoms with E-state index in [9.17, 15) is 0 Å². The van der Waals surface area contributed by atoms with Crippen molar-refractivity contribution in [3.05, 3.63) is 29.8 Å². The fraction of sp³-hybridized carbons (Fsp3) is 0.417. The van der Waals surface area contributed by atoms with Gasteiger partial charge >= 0.3 is 0 Å². The zero-order valence-corrected chi connectivity index (χ0v) is 10.2. The Hall–Kier alpha value is -1.09. The third-order valence-electron chi connectivity index (χ3n) is 2.44. The summed E-state index contributed by atoms with van der Waals surface area (Å²) in [6, 6.07) is 8.38. The number of para-hydroxylation sites is 1. The third kappa shape index (κ3) is 3.88. The van der Waals surface area contributed by atoms with E-state index in [0.717, 1.165) is 19.4 Å². The standard InChI is InChI=1S/C12H18N2S/c1-10-6-3-4-7-11(10)14(2)9-5-8-12(13)15/h3-4,6-7H,5,8-9H2,1-2H3,(H2,13,15). The molecule has 0 spiro atoms. The number of thiocarbonyl (C=S) groups is 1. The lowest BCUT2D eigenvalue weighted by atomic mass is 10.2. The Morgan fingerprint density at radius 2 is 2.07 bits per heavy atom. The Labute approximate surface area is 97.1 Å². The van der Waals surface area contributed by atoms with Crippen LogP contribution in [0.3, 0.4) is 0 Å². The summed E-state index contributed by atoms with van der Waals surface area (Å²) in [5.74, 6) is 0. The maximum atomic E-state index is 5.46. The molecule has 2 N–H and O–H groups in total. The Kier molecular flexibility index (Phi) is 4.56. The van der Waals surface area contributed by atoms with E-state index in [1.165, 1.54) is 11.3 Å². The largest absolute Gasteiger partial charge is 0.393 e. The molecule has 0 aliphatic heterocycles. The lowest BCUT2D eigenvalue weighted by Crippen LogP contribution is -2.21. The first-order valence-corrected chi connectivity index (χ1v) is 5.57. The zero-order chi connectivity index (χ0) is 11.3. The highest BCUT2D eigenvalue weighted by molar-refractivity contribution is 7.80. The van der Waals surface area contributed by atoms with Crippen molar-refractivity contribution in [2.45, 2.75) is 19.8 Å². The zero-order valence-electron chi connectivity index (χ0n) is 9.36. The molecular weight excluding hydrogens is 204 g/mol. The molecule has 1 aromatic carbocycles. The molecule has 0 aromatic heterocycles. The minimum absolute atomic E-state index is 0.605. The van der Waals surface area contributed by atoms with Crippen LogP contribution < -0.4 is 10.6 Å². The van der Waals surface area contributed by atoms with E-state index in [-0.39, 0.29) is 0 Å². The van der Waals surface area contributed by atoms with Gasteiger partial charge in [-0.2, -0.15) is 0 Å².